The Balaban J connectivity index is 3.88. The minimum Gasteiger partial charge on any atom is -0.478 e. The molecule has 0 unspecified atom stereocenters. The molecule has 1 rings (SSSR count). The largest absolute Gasteiger partial charge is 0.478 e. The van der Waals surface area contributed by atoms with E-state index in [4.69, 9.17) is 5.11 Å². The van der Waals surface area contributed by atoms with Crippen LogP contribution in [0.1, 0.15) is 41.4 Å². The summed E-state index contributed by atoms with van der Waals surface area (Å²) in [6.07, 6.45) is 1.67. The number of rotatable bonds is 6. The summed E-state index contributed by atoms with van der Waals surface area (Å²) in [7, 11) is 0. The molecule has 0 saturated heterocycles. The summed E-state index contributed by atoms with van der Waals surface area (Å²) in [6.45, 7) is 6.42. The first-order valence-electron chi connectivity index (χ1n) is 5.32. The summed E-state index contributed by atoms with van der Waals surface area (Å²) >= 11 is 0. The fourth-order valence-corrected chi connectivity index (χ4v) is 1.68. The maximum Gasteiger partial charge on any atom is 0.337 e. The van der Waals surface area contributed by atoms with Crippen LogP contribution in [0.15, 0.2) is 37.4 Å². The van der Waals surface area contributed by atoms with Crippen LogP contribution in [0.3, 0.4) is 0 Å². The van der Waals surface area contributed by atoms with E-state index in [0.29, 0.717) is 0 Å². The highest BCUT2D eigenvalue weighted by atomic mass is 16.4. The molecule has 0 aliphatic heterocycles. The molecule has 6 nitrogen and oxygen atoms in total. The van der Waals surface area contributed by atoms with Crippen molar-refractivity contribution in [2.24, 2.45) is 0 Å². The van der Waals surface area contributed by atoms with Crippen molar-refractivity contribution in [2.45, 2.75) is 0 Å². The number of hydrogen-bond acceptors (Lipinski definition) is 4. The molecule has 0 aliphatic carbocycles. The minimum atomic E-state index is -1.58. The molecule has 102 valence electrons. The monoisotopic (exact) mass is 274 g/mol. The predicted octanol–water partition coefficient (Wildman–Crippen LogP) is 1.82. The molecule has 0 heterocycles. The molecule has 0 amide bonds. The van der Waals surface area contributed by atoms with Crippen LogP contribution in [0.4, 0.5) is 0 Å². The molecule has 0 bridgehead atoms. The van der Waals surface area contributed by atoms with Gasteiger partial charge in [0.15, 0.2) is 11.6 Å². The zero-order chi connectivity index (χ0) is 15.4. The van der Waals surface area contributed by atoms with Gasteiger partial charge in [-0.1, -0.05) is 13.2 Å². The van der Waals surface area contributed by atoms with Gasteiger partial charge < -0.3 is 10.2 Å². The lowest BCUT2D eigenvalue weighted by atomic mass is 9.91. The van der Waals surface area contributed by atoms with Gasteiger partial charge in [-0.2, -0.15) is 0 Å². The zero-order valence-corrected chi connectivity index (χ0v) is 10.3. The van der Waals surface area contributed by atoms with Crippen molar-refractivity contribution >= 4 is 23.5 Å². The van der Waals surface area contributed by atoms with Gasteiger partial charge in [0.05, 0.1) is 16.7 Å². The van der Waals surface area contributed by atoms with Crippen LogP contribution < -0.4 is 0 Å². The Labute approximate surface area is 113 Å². The zero-order valence-electron chi connectivity index (χ0n) is 10.3. The number of carbonyl (C=O) groups excluding carboxylic acids is 2. The highest BCUT2D eigenvalue weighted by Gasteiger charge is 2.27. The van der Waals surface area contributed by atoms with Crippen molar-refractivity contribution in [1.29, 1.82) is 0 Å². The summed E-state index contributed by atoms with van der Waals surface area (Å²) in [5.74, 6) is -4.67. The molecular formula is C14H10O6. The second-order valence-corrected chi connectivity index (χ2v) is 3.66. The fourth-order valence-electron chi connectivity index (χ4n) is 1.68. The van der Waals surface area contributed by atoms with Gasteiger partial charge in [-0.3, -0.25) is 9.59 Å². The Morgan fingerprint density at radius 3 is 1.70 bits per heavy atom. The van der Waals surface area contributed by atoms with Crippen LogP contribution >= 0.6 is 0 Å². The maximum absolute atomic E-state index is 11.7. The molecule has 0 fully saturated rings. The van der Waals surface area contributed by atoms with Gasteiger partial charge in [-0.25, -0.2) is 9.59 Å². The topological polar surface area (TPSA) is 109 Å². The highest BCUT2D eigenvalue weighted by Crippen LogP contribution is 2.22. The Bertz CT molecular complexity index is 654. The van der Waals surface area contributed by atoms with Crippen LogP contribution in [0.25, 0.3) is 0 Å². The van der Waals surface area contributed by atoms with E-state index < -0.39 is 40.2 Å². The SMILES string of the molecule is C=CC(=O)c1ccc(C(=O)O)c(C(=O)C=C)c1C(=O)O. The lowest BCUT2D eigenvalue weighted by Crippen LogP contribution is -2.18. The average molecular weight is 274 g/mol. The Hall–Kier alpha value is -3.02. The van der Waals surface area contributed by atoms with Crippen LogP contribution in [0.2, 0.25) is 0 Å². The molecular weight excluding hydrogens is 264 g/mol. The molecule has 0 radical (unpaired) electrons. The Kier molecular flexibility index (Phi) is 4.32. The number of allylic oxidation sites excluding steroid dienone is 2. The summed E-state index contributed by atoms with van der Waals surface area (Å²) in [4.78, 5) is 45.7. The normalized spacial score (nSPS) is 9.60. The average Bonchev–Trinajstić information content (AvgIpc) is 2.43. The molecule has 0 atom stereocenters. The minimum absolute atomic E-state index is 0.303. The smallest absolute Gasteiger partial charge is 0.337 e. The van der Waals surface area contributed by atoms with Crippen LogP contribution in [0, 0.1) is 0 Å². The third-order valence-corrected chi connectivity index (χ3v) is 2.53. The molecule has 0 saturated carbocycles. The van der Waals surface area contributed by atoms with E-state index in [1.807, 2.05) is 0 Å². The van der Waals surface area contributed by atoms with Crippen molar-refractivity contribution in [1.82, 2.24) is 0 Å². The van der Waals surface area contributed by atoms with Gasteiger partial charge >= 0.3 is 11.9 Å². The van der Waals surface area contributed by atoms with Gasteiger partial charge in [0, 0.05) is 5.56 Å². The lowest BCUT2D eigenvalue weighted by molar-refractivity contribution is 0.0686. The third kappa shape index (κ3) is 2.54. The number of ketones is 2. The molecule has 6 heteroatoms. The molecule has 1 aromatic rings. The molecule has 20 heavy (non-hydrogen) atoms. The van der Waals surface area contributed by atoms with Crippen LogP contribution in [0.5, 0.6) is 0 Å². The van der Waals surface area contributed by atoms with Crippen molar-refractivity contribution < 1.29 is 29.4 Å². The predicted molar refractivity (Wildman–Crippen MR) is 69.4 cm³/mol. The van der Waals surface area contributed by atoms with Crippen molar-refractivity contribution in [3.05, 3.63) is 59.7 Å². The van der Waals surface area contributed by atoms with Gasteiger partial charge in [-0.15, -0.1) is 0 Å². The summed E-state index contributed by atoms with van der Waals surface area (Å²) < 4.78 is 0. The molecule has 0 aliphatic rings. The quantitative estimate of drug-likeness (QED) is 0.605. The van der Waals surface area contributed by atoms with Gasteiger partial charge in [0.1, 0.15) is 0 Å². The first-order chi connectivity index (χ1) is 9.34. The highest BCUT2D eigenvalue weighted by molar-refractivity contribution is 6.21. The molecule has 0 aromatic heterocycles. The number of aromatic carboxylic acids is 2. The maximum atomic E-state index is 11.7. The number of benzene rings is 1. The first kappa shape index (κ1) is 15.0. The number of hydrogen-bond donors (Lipinski definition) is 2. The van der Waals surface area contributed by atoms with Crippen LogP contribution in [-0.2, 0) is 0 Å². The molecule has 0 spiro atoms. The Morgan fingerprint density at radius 1 is 0.800 bits per heavy atom. The second kappa shape index (κ2) is 5.75. The van der Waals surface area contributed by atoms with Crippen molar-refractivity contribution in [3.8, 4) is 0 Å². The number of carbonyl (C=O) groups is 4. The second-order valence-electron chi connectivity index (χ2n) is 3.66. The van der Waals surface area contributed by atoms with E-state index >= 15 is 0 Å². The van der Waals surface area contributed by atoms with Crippen molar-refractivity contribution in [3.63, 3.8) is 0 Å². The van der Waals surface area contributed by atoms with E-state index in [1.54, 1.807) is 0 Å². The van der Waals surface area contributed by atoms with E-state index in [0.717, 1.165) is 24.3 Å². The third-order valence-electron chi connectivity index (χ3n) is 2.53. The fraction of sp³-hybridized carbons (Fsp3) is 0. The van der Waals surface area contributed by atoms with Crippen molar-refractivity contribution in [2.75, 3.05) is 0 Å². The molecule has 2 N–H and O–H groups in total. The van der Waals surface area contributed by atoms with E-state index in [1.165, 1.54) is 0 Å². The van der Waals surface area contributed by atoms with E-state index in [9.17, 15) is 24.3 Å². The van der Waals surface area contributed by atoms with Gasteiger partial charge in [-0.05, 0) is 24.3 Å². The van der Waals surface area contributed by atoms with Crippen LogP contribution in [-0.4, -0.2) is 33.7 Å². The molecule has 1 aromatic carbocycles. The van der Waals surface area contributed by atoms with Gasteiger partial charge in [0.25, 0.3) is 0 Å². The number of carboxylic acids is 2. The van der Waals surface area contributed by atoms with E-state index in [-0.39, 0.29) is 5.56 Å². The number of carboxylic acid groups (broad SMARTS) is 2. The standard InChI is InChI=1S/C14H10O6/c1-3-9(15)7-5-6-8(13(17)18)11(10(16)4-2)12(7)14(19)20/h3-6H,1-2H2,(H,17,18)(H,19,20). The first-order valence-corrected chi connectivity index (χ1v) is 5.32. The Morgan fingerprint density at radius 2 is 1.30 bits per heavy atom. The van der Waals surface area contributed by atoms with E-state index in [2.05, 4.69) is 13.2 Å². The van der Waals surface area contributed by atoms with Gasteiger partial charge in [0.2, 0.25) is 0 Å². The summed E-state index contributed by atoms with van der Waals surface area (Å²) in [5, 5.41) is 18.2. The lowest BCUT2D eigenvalue weighted by Gasteiger charge is -2.10. The summed E-state index contributed by atoms with van der Waals surface area (Å²) in [6, 6.07) is 2.04. The summed E-state index contributed by atoms with van der Waals surface area (Å²) in [5.41, 5.74) is -2.05.